The van der Waals surface area contributed by atoms with Crippen molar-refractivity contribution in [1.29, 1.82) is 0 Å². The van der Waals surface area contributed by atoms with E-state index in [1.54, 1.807) is 6.07 Å². The largest absolute Gasteiger partial charge is 0.618 e. The zero-order valence-corrected chi connectivity index (χ0v) is 20.0. The molecule has 15 heteroatoms. The second-order valence-corrected chi connectivity index (χ2v) is 11.4. The molecule has 12 nitrogen and oxygen atoms in total. The fraction of sp³-hybridized carbons (Fsp3) is 0.100. The van der Waals surface area contributed by atoms with E-state index in [2.05, 4.69) is 12.5 Å². The fourth-order valence-corrected chi connectivity index (χ4v) is 5.87. The Labute approximate surface area is 201 Å². The second-order valence-electron chi connectivity index (χ2n) is 6.75. The SMILES string of the molecule is O=[N+]([O-])C(OS(=O)(=O)Cc1ccccc1)(OS(=O)(=O)c1ccccc1)OS(=O)(=O)c1ccccc1. The maximum Gasteiger partial charge on any atom is 0.618 e. The van der Waals surface area contributed by atoms with E-state index in [0.29, 0.717) is 0 Å². The first-order valence-electron chi connectivity index (χ1n) is 9.48. The van der Waals surface area contributed by atoms with E-state index < -0.39 is 56.9 Å². The van der Waals surface area contributed by atoms with E-state index >= 15 is 0 Å². The summed E-state index contributed by atoms with van der Waals surface area (Å²) < 4.78 is 89.8. The highest BCUT2D eigenvalue weighted by molar-refractivity contribution is 7.88. The lowest BCUT2D eigenvalue weighted by Crippen LogP contribution is -2.51. The summed E-state index contributed by atoms with van der Waals surface area (Å²) in [5.41, 5.74) is 0.0987. The zero-order valence-electron chi connectivity index (χ0n) is 17.5. The number of hydrogen-bond acceptors (Lipinski definition) is 11. The Kier molecular flexibility index (Phi) is 7.68. The van der Waals surface area contributed by atoms with Crippen LogP contribution in [0.2, 0.25) is 0 Å². The van der Waals surface area contributed by atoms with Crippen molar-refractivity contribution in [2.45, 2.75) is 21.6 Å². The zero-order chi connectivity index (χ0) is 25.7. The fourth-order valence-electron chi connectivity index (χ4n) is 2.65. The minimum atomic E-state index is -5.18. The van der Waals surface area contributed by atoms with Gasteiger partial charge in [0, 0.05) is 0 Å². The van der Waals surface area contributed by atoms with Crippen molar-refractivity contribution in [2.24, 2.45) is 0 Å². The van der Waals surface area contributed by atoms with Crippen LogP contribution in [0.25, 0.3) is 0 Å². The lowest BCUT2D eigenvalue weighted by atomic mass is 10.2. The molecule has 35 heavy (non-hydrogen) atoms. The second kappa shape index (κ2) is 10.2. The third-order valence-electron chi connectivity index (χ3n) is 4.14. The molecule has 0 aliphatic rings. The van der Waals surface area contributed by atoms with Crippen LogP contribution in [0.15, 0.2) is 101 Å². The van der Waals surface area contributed by atoms with Gasteiger partial charge in [0.1, 0.15) is 10.7 Å². The van der Waals surface area contributed by atoms with Crippen molar-refractivity contribution in [3.63, 3.8) is 0 Å². The molecule has 0 aliphatic carbocycles. The smallest absolute Gasteiger partial charge is 0.257 e. The van der Waals surface area contributed by atoms with Crippen LogP contribution in [0.4, 0.5) is 0 Å². The van der Waals surface area contributed by atoms with Crippen LogP contribution in [-0.2, 0) is 48.7 Å². The summed E-state index contributed by atoms with van der Waals surface area (Å²) in [5.74, 6) is -0.993. The van der Waals surface area contributed by atoms with Crippen LogP contribution in [0, 0.1) is 10.1 Å². The van der Waals surface area contributed by atoms with E-state index in [-0.39, 0.29) is 5.56 Å². The molecule has 0 radical (unpaired) electrons. The van der Waals surface area contributed by atoms with Crippen LogP contribution in [0.5, 0.6) is 0 Å². The first kappa shape index (κ1) is 26.4. The van der Waals surface area contributed by atoms with Gasteiger partial charge in [0.15, 0.2) is 0 Å². The van der Waals surface area contributed by atoms with E-state index in [4.69, 9.17) is 0 Å². The molecule has 3 aromatic carbocycles. The summed E-state index contributed by atoms with van der Waals surface area (Å²) in [6.07, 6.45) is -4.35. The van der Waals surface area contributed by atoms with E-state index in [0.717, 1.165) is 24.3 Å². The molecule has 0 atom stereocenters. The molecule has 0 fully saturated rings. The van der Waals surface area contributed by atoms with Gasteiger partial charge >= 0.3 is 26.3 Å². The average molecular weight is 544 g/mol. The van der Waals surface area contributed by atoms with Crippen LogP contribution in [0.1, 0.15) is 5.56 Å². The van der Waals surface area contributed by atoms with Crippen LogP contribution in [0.3, 0.4) is 0 Å². The molecule has 3 aromatic rings. The highest BCUT2D eigenvalue weighted by Crippen LogP contribution is 2.31. The molecule has 0 bridgehead atoms. The maximum atomic E-state index is 12.7. The summed E-state index contributed by atoms with van der Waals surface area (Å²) in [6.45, 7) is 0. The van der Waals surface area contributed by atoms with Gasteiger partial charge < -0.3 is 0 Å². The lowest BCUT2D eigenvalue weighted by molar-refractivity contribution is -0.715. The topological polar surface area (TPSA) is 173 Å². The van der Waals surface area contributed by atoms with Crippen molar-refractivity contribution in [1.82, 2.24) is 0 Å². The molecule has 0 unspecified atom stereocenters. The molecule has 0 aliphatic heterocycles. The summed E-state index contributed by atoms with van der Waals surface area (Å²) in [5, 5.41) is 12.0. The lowest BCUT2D eigenvalue weighted by Gasteiger charge is -2.22. The monoisotopic (exact) mass is 543 g/mol. The van der Waals surface area contributed by atoms with Gasteiger partial charge in [0.05, 0.1) is 9.79 Å². The van der Waals surface area contributed by atoms with Gasteiger partial charge in [-0.25, -0.2) is 0 Å². The quantitative estimate of drug-likeness (QED) is 0.150. The third kappa shape index (κ3) is 6.68. The Morgan fingerprint density at radius 3 is 1.37 bits per heavy atom. The predicted octanol–water partition coefficient (Wildman–Crippen LogP) is 2.23. The third-order valence-corrected chi connectivity index (χ3v) is 7.85. The van der Waals surface area contributed by atoms with Crippen molar-refractivity contribution >= 4 is 30.4 Å². The molecule has 0 spiro atoms. The Morgan fingerprint density at radius 1 is 0.629 bits per heavy atom. The van der Waals surface area contributed by atoms with Gasteiger partial charge in [-0.05, 0) is 29.8 Å². The normalized spacial score (nSPS) is 12.8. The van der Waals surface area contributed by atoms with Crippen LogP contribution in [-0.4, -0.2) is 36.3 Å². The highest BCUT2D eigenvalue weighted by atomic mass is 32.2. The Hall–Kier alpha value is -3.21. The Bertz CT molecular complexity index is 1420. The molecular weight excluding hydrogens is 526 g/mol. The summed E-state index contributed by atoms with van der Waals surface area (Å²) in [4.78, 5) is 8.94. The number of nitrogens with zero attached hydrogens (tertiary/aromatic N) is 1. The van der Waals surface area contributed by atoms with Gasteiger partial charge in [-0.15, -0.1) is 12.5 Å². The van der Waals surface area contributed by atoms with E-state index in [9.17, 15) is 35.4 Å². The van der Waals surface area contributed by atoms with Crippen molar-refractivity contribution < 1.29 is 42.7 Å². The van der Waals surface area contributed by atoms with Crippen molar-refractivity contribution in [3.8, 4) is 0 Å². The van der Waals surface area contributed by atoms with Gasteiger partial charge in [-0.1, -0.05) is 66.7 Å². The predicted molar refractivity (Wildman–Crippen MR) is 119 cm³/mol. The van der Waals surface area contributed by atoms with E-state index in [1.807, 2.05) is 0 Å². The first-order chi connectivity index (χ1) is 16.4. The maximum absolute atomic E-state index is 12.7. The number of benzene rings is 3. The van der Waals surface area contributed by atoms with Crippen molar-refractivity contribution in [2.75, 3.05) is 0 Å². The molecule has 186 valence electrons. The molecule has 0 heterocycles. The Morgan fingerprint density at radius 2 is 1.00 bits per heavy atom. The van der Waals surface area contributed by atoms with Crippen LogP contribution < -0.4 is 0 Å². The standard InChI is InChI=1S/C20H17NO11S3/c22-21(23)20(31-34(26,27)18-12-6-2-7-13-18,32-35(28,29)19-14-8-3-9-15-19)30-33(24,25)16-17-10-4-1-5-11-17/h1-15H,16H2. The molecule has 0 N–H and O–H groups in total. The molecule has 0 aromatic heterocycles. The average Bonchev–Trinajstić information content (AvgIpc) is 2.79. The summed E-state index contributed by atoms with van der Waals surface area (Å²) in [6, 6.07) is 19.0. The first-order valence-corrected chi connectivity index (χ1v) is 13.9. The minimum absolute atomic E-state index is 0.0987. The van der Waals surface area contributed by atoms with Crippen LogP contribution >= 0.6 is 0 Å². The molecule has 0 saturated heterocycles. The summed E-state index contributed by atoms with van der Waals surface area (Å²) in [7, 11) is -15.4. The van der Waals surface area contributed by atoms with Gasteiger partial charge in [0.25, 0.3) is 10.1 Å². The molecular formula is C20H17NO11S3. The molecule has 0 amide bonds. The van der Waals surface area contributed by atoms with Gasteiger partial charge in [0.2, 0.25) is 0 Å². The highest BCUT2D eigenvalue weighted by Gasteiger charge is 2.61. The van der Waals surface area contributed by atoms with Gasteiger partial charge in [-0.3, -0.25) is 10.1 Å². The Balaban J connectivity index is 2.10. The number of nitro groups is 1. The molecule has 0 saturated carbocycles. The van der Waals surface area contributed by atoms with Crippen molar-refractivity contribution in [3.05, 3.63) is 107 Å². The number of hydrogen-bond donors (Lipinski definition) is 0. The minimum Gasteiger partial charge on any atom is -0.257 e. The number of rotatable bonds is 11. The van der Waals surface area contributed by atoms with E-state index in [1.165, 1.54) is 60.7 Å². The summed E-state index contributed by atoms with van der Waals surface area (Å²) >= 11 is 0. The van der Waals surface area contributed by atoms with Gasteiger partial charge in [-0.2, -0.15) is 25.3 Å². The molecule has 3 rings (SSSR count).